The highest BCUT2D eigenvalue weighted by Crippen LogP contribution is 2.21. The third kappa shape index (κ3) is 3.58. The second-order valence-electron chi connectivity index (χ2n) is 7.50. The van der Waals surface area contributed by atoms with E-state index in [9.17, 15) is 14.7 Å². The van der Waals surface area contributed by atoms with Gasteiger partial charge in [-0.1, -0.05) is 36.4 Å². The fraction of sp³-hybridized carbons (Fsp3) is 0.304. The van der Waals surface area contributed by atoms with Gasteiger partial charge in [0, 0.05) is 30.2 Å². The van der Waals surface area contributed by atoms with Crippen molar-refractivity contribution >= 4 is 16.8 Å². The van der Waals surface area contributed by atoms with Crippen LogP contribution in [-0.2, 0) is 11.3 Å². The number of hydrogen-bond acceptors (Lipinski definition) is 3. The number of aliphatic hydroxyl groups excluding tert-OH is 1. The number of pyridine rings is 1. The van der Waals surface area contributed by atoms with E-state index in [4.69, 9.17) is 0 Å². The fourth-order valence-electron chi connectivity index (χ4n) is 3.82. The number of aliphatic hydroxyl groups is 1. The Morgan fingerprint density at radius 2 is 1.82 bits per heavy atom. The lowest BCUT2D eigenvalue weighted by molar-refractivity contribution is -0.133. The maximum absolute atomic E-state index is 13.1. The standard InChI is InChI=1S/C23H24N2O3/c1-16-7-8-19-21(13-16)25(15-22(27)24-11-9-18(26)10-12-24)14-20(23(19)28)17-5-3-2-4-6-17/h2-8,13-14,18,26H,9-12,15H2,1H3. The second-order valence-corrected chi connectivity index (χ2v) is 7.50. The zero-order chi connectivity index (χ0) is 19.7. The monoisotopic (exact) mass is 376 g/mol. The number of aromatic nitrogens is 1. The molecule has 28 heavy (non-hydrogen) atoms. The van der Waals surface area contributed by atoms with Gasteiger partial charge in [-0.05, 0) is 43.0 Å². The van der Waals surface area contributed by atoms with E-state index in [-0.39, 0.29) is 24.0 Å². The van der Waals surface area contributed by atoms with Gasteiger partial charge in [0.15, 0.2) is 5.43 Å². The summed E-state index contributed by atoms with van der Waals surface area (Å²) >= 11 is 0. The number of rotatable bonds is 3. The second kappa shape index (κ2) is 7.60. The molecule has 0 unspecified atom stereocenters. The minimum absolute atomic E-state index is 0.0115. The van der Waals surface area contributed by atoms with Gasteiger partial charge < -0.3 is 14.6 Å². The molecular formula is C23H24N2O3. The zero-order valence-electron chi connectivity index (χ0n) is 16.0. The number of carbonyl (C=O) groups excluding carboxylic acids is 1. The van der Waals surface area contributed by atoms with Gasteiger partial charge in [0.25, 0.3) is 0 Å². The largest absolute Gasteiger partial charge is 0.393 e. The lowest BCUT2D eigenvalue weighted by Crippen LogP contribution is -2.41. The van der Waals surface area contributed by atoms with Crippen LogP contribution < -0.4 is 5.43 Å². The Balaban J connectivity index is 1.78. The first kappa shape index (κ1) is 18.4. The molecule has 2 aromatic carbocycles. The minimum Gasteiger partial charge on any atom is -0.393 e. The van der Waals surface area contributed by atoms with Gasteiger partial charge in [0.2, 0.25) is 5.91 Å². The molecule has 0 atom stereocenters. The Kier molecular flexibility index (Phi) is 5.01. The first-order chi connectivity index (χ1) is 13.5. The molecule has 1 saturated heterocycles. The van der Waals surface area contributed by atoms with Crippen molar-refractivity contribution in [3.63, 3.8) is 0 Å². The van der Waals surface area contributed by atoms with Crippen molar-refractivity contribution in [3.05, 3.63) is 70.5 Å². The zero-order valence-corrected chi connectivity index (χ0v) is 16.0. The van der Waals surface area contributed by atoms with Crippen LogP contribution in [0.25, 0.3) is 22.0 Å². The van der Waals surface area contributed by atoms with Crippen LogP contribution >= 0.6 is 0 Å². The maximum Gasteiger partial charge on any atom is 0.242 e. The number of carbonyl (C=O) groups is 1. The van der Waals surface area contributed by atoms with Crippen LogP contribution in [0.1, 0.15) is 18.4 Å². The lowest BCUT2D eigenvalue weighted by atomic mass is 10.0. The predicted octanol–water partition coefficient (Wildman–Crippen LogP) is 2.96. The van der Waals surface area contributed by atoms with Gasteiger partial charge in [-0.3, -0.25) is 9.59 Å². The Morgan fingerprint density at radius 3 is 2.54 bits per heavy atom. The summed E-state index contributed by atoms with van der Waals surface area (Å²) in [6.45, 7) is 3.30. The summed E-state index contributed by atoms with van der Waals surface area (Å²) in [7, 11) is 0. The molecule has 1 aromatic heterocycles. The van der Waals surface area contributed by atoms with Crippen LogP contribution in [-0.4, -0.2) is 39.7 Å². The number of aryl methyl sites for hydroxylation is 1. The van der Waals surface area contributed by atoms with Gasteiger partial charge in [0.05, 0.1) is 11.6 Å². The van der Waals surface area contributed by atoms with Crippen LogP contribution in [0.4, 0.5) is 0 Å². The summed E-state index contributed by atoms with van der Waals surface area (Å²) in [6.07, 6.45) is 2.72. The molecule has 3 aromatic rings. The third-order valence-corrected chi connectivity index (χ3v) is 5.44. The van der Waals surface area contributed by atoms with Crippen molar-refractivity contribution in [3.8, 4) is 11.1 Å². The van der Waals surface area contributed by atoms with Crippen LogP contribution in [0.3, 0.4) is 0 Å². The average molecular weight is 376 g/mol. The number of likely N-dealkylation sites (tertiary alicyclic amines) is 1. The SMILES string of the molecule is Cc1ccc2c(=O)c(-c3ccccc3)cn(CC(=O)N3CCC(O)CC3)c2c1. The highest BCUT2D eigenvalue weighted by molar-refractivity contribution is 5.86. The molecular weight excluding hydrogens is 352 g/mol. The minimum atomic E-state index is -0.315. The van der Waals surface area contributed by atoms with Gasteiger partial charge in [0.1, 0.15) is 6.54 Å². The molecule has 1 amide bonds. The molecule has 5 heteroatoms. The Morgan fingerprint density at radius 1 is 1.11 bits per heavy atom. The Bertz CT molecular complexity index is 1060. The summed E-state index contributed by atoms with van der Waals surface area (Å²) < 4.78 is 1.89. The molecule has 4 rings (SSSR count). The number of amides is 1. The number of benzene rings is 2. The topological polar surface area (TPSA) is 62.5 Å². The first-order valence-corrected chi connectivity index (χ1v) is 9.68. The molecule has 0 aliphatic carbocycles. The van der Waals surface area contributed by atoms with E-state index < -0.39 is 0 Å². The molecule has 144 valence electrons. The van der Waals surface area contributed by atoms with Gasteiger partial charge in [-0.2, -0.15) is 0 Å². The van der Waals surface area contributed by atoms with E-state index in [1.54, 1.807) is 11.1 Å². The molecule has 1 N–H and O–H groups in total. The van der Waals surface area contributed by atoms with E-state index in [2.05, 4.69) is 0 Å². The highest BCUT2D eigenvalue weighted by atomic mass is 16.3. The van der Waals surface area contributed by atoms with Crippen molar-refractivity contribution in [1.29, 1.82) is 0 Å². The molecule has 2 heterocycles. The highest BCUT2D eigenvalue weighted by Gasteiger charge is 2.22. The van der Waals surface area contributed by atoms with Gasteiger partial charge >= 0.3 is 0 Å². The molecule has 1 aliphatic heterocycles. The van der Waals surface area contributed by atoms with Gasteiger partial charge in [-0.25, -0.2) is 0 Å². The van der Waals surface area contributed by atoms with Crippen LogP contribution in [0.5, 0.6) is 0 Å². The van der Waals surface area contributed by atoms with Crippen molar-refractivity contribution in [2.75, 3.05) is 13.1 Å². The lowest BCUT2D eigenvalue weighted by Gasteiger charge is -2.30. The first-order valence-electron chi connectivity index (χ1n) is 9.68. The quantitative estimate of drug-likeness (QED) is 0.764. The van der Waals surface area contributed by atoms with E-state index in [1.165, 1.54) is 0 Å². The molecule has 0 spiro atoms. The smallest absolute Gasteiger partial charge is 0.242 e. The Labute approximate surface area is 163 Å². The normalized spacial score (nSPS) is 15.1. The predicted molar refractivity (Wildman–Crippen MR) is 110 cm³/mol. The molecule has 5 nitrogen and oxygen atoms in total. The summed E-state index contributed by atoms with van der Waals surface area (Å²) in [5, 5.41) is 10.3. The van der Waals surface area contributed by atoms with Crippen molar-refractivity contribution < 1.29 is 9.90 Å². The fourth-order valence-corrected chi connectivity index (χ4v) is 3.82. The maximum atomic E-state index is 13.1. The van der Waals surface area contributed by atoms with Crippen LogP contribution in [0, 0.1) is 6.92 Å². The van der Waals surface area contributed by atoms with E-state index in [0.29, 0.717) is 36.9 Å². The number of nitrogens with zero attached hydrogens (tertiary/aromatic N) is 2. The third-order valence-electron chi connectivity index (χ3n) is 5.44. The molecule has 1 fully saturated rings. The van der Waals surface area contributed by atoms with Crippen molar-refractivity contribution in [2.24, 2.45) is 0 Å². The number of piperidine rings is 1. The number of fused-ring (bicyclic) bond motifs is 1. The van der Waals surface area contributed by atoms with E-state index in [1.807, 2.05) is 60.0 Å². The summed E-state index contributed by atoms with van der Waals surface area (Å²) in [4.78, 5) is 27.8. The summed E-state index contributed by atoms with van der Waals surface area (Å²) in [5.74, 6) is 0.0115. The molecule has 1 aliphatic rings. The van der Waals surface area contributed by atoms with Gasteiger partial charge in [-0.15, -0.1) is 0 Å². The molecule has 0 saturated carbocycles. The van der Waals surface area contributed by atoms with Crippen LogP contribution in [0.2, 0.25) is 0 Å². The average Bonchev–Trinajstić information content (AvgIpc) is 2.71. The summed E-state index contributed by atoms with van der Waals surface area (Å²) in [6, 6.07) is 15.3. The van der Waals surface area contributed by atoms with E-state index in [0.717, 1.165) is 16.6 Å². The molecule has 0 bridgehead atoms. The number of hydrogen-bond donors (Lipinski definition) is 1. The van der Waals surface area contributed by atoms with Crippen LogP contribution in [0.15, 0.2) is 59.5 Å². The molecule has 0 radical (unpaired) electrons. The van der Waals surface area contributed by atoms with E-state index >= 15 is 0 Å². The van der Waals surface area contributed by atoms with Crippen molar-refractivity contribution in [2.45, 2.75) is 32.4 Å². The summed E-state index contributed by atoms with van der Waals surface area (Å²) in [5.41, 5.74) is 3.24. The Hall–Kier alpha value is -2.92. The van der Waals surface area contributed by atoms with Crippen molar-refractivity contribution in [1.82, 2.24) is 9.47 Å².